The summed E-state index contributed by atoms with van der Waals surface area (Å²) in [4.78, 5) is 6.88. The molecule has 0 aromatic heterocycles. The van der Waals surface area contributed by atoms with Gasteiger partial charge in [-0.15, -0.1) is 24.0 Å². The molecule has 128 valence electrons. The number of halogens is 1. The molecule has 2 heterocycles. The van der Waals surface area contributed by atoms with Crippen molar-refractivity contribution in [3.63, 3.8) is 0 Å². The van der Waals surface area contributed by atoms with Crippen LogP contribution < -0.4 is 5.32 Å². The maximum absolute atomic E-state index is 5.34. The summed E-state index contributed by atoms with van der Waals surface area (Å²) >= 11 is 0. The van der Waals surface area contributed by atoms with Gasteiger partial charge in [0.1, 0.15) is 0 Å². The lowest BCUT2D eigenvalue weighted by Crippen LogP contribution is -2.40. The molecule has 1 N–H and O–H groups in total. The molecule has 0 radical (unpaired) electrons. The topological polar surface area (TPSA) is 36.9 Å². The lowest BCUT2D eigenvalue weighted by atomic mass is 9.97. The van der Waals surface area contributed by atoms with Crippen molar-refractivity contribution in [2.75, 3.05) is 39.9 Å². The van der Waals surface area contributed by atoms with E-state index in [0.717, 1.165) is 63.5 Å². The highest BCUT2D eigenvalue weighted by Gasteiger charge is 2.25. The summed E-state index contributed by atoms with van der Waals surface area (Å²) < 4.78 is 5.34. The number of likely N-dealkylation sites (tertiary alicyclic amines) is 1. The number of guanidine groups is 1. The minimum absolute atomic E-state index is 0. The third kappa shape index (κ3) is 6.44. The van der Waals surface area contributed by atoms with E-state index in [4.69, 9.17) is 4.74 Å². The van der Waals surface area contributed by atoms with Crippen molar-refractivity contribution in [1.29, 1.82) is 0 Å². The van der Waals surface area contributed by atoms with E-state index in [-0.39, 0.29) is 24.0 Å². The number of hydrogen-bond donors (Lipinski definition) is 1. The van der Waals surface area contributed by atoms with Gasteiger partial charge in [0.25, 0.3) is 0 Å². The Kier molecular flexibility index (Phi) is 9.40. The van der Waals surface area contributed by atoms with E-state index in [1.165, 1.54) is 18.4 Å². The van der Waals surface area contributed by atoms with Crippen molar-refractivity contribution < 1.29 is 4.74 Å². The monoisotopic (exact) mass is 421 g/mol. The predicted octanol–water partition coefficient (Wildman–Crippen LogP) is 3.28. The van der Waals surface area contributed by atoms with Crippen LogP contribution in [-0.4, -0.2) is 50.8 Å². The molecule has 1 saturated heterocycles. The van der Waals surface area contributed by atoms with E-state index in [0.29, 0.717) is 0 Å². The normalized spacial score (nSPS) is 22.5. The zero-order chi connectivity index (χ0) is 15.1. The Balaban J connectivity index is 0.00000242. The lowest BCUT2D eigenvalue weighted by molar-refractivity contribution is 0.153. The van der Waals surface area contributed by atoms with Crippen LogP contribution in [0.15, 0.2) is 16.6 Å². The van der Waals surface area contributed by atoms with Crippen LogP contribution in [-0.2, 0) is 4.74 Å². The van der Waals surface area contributed by atoms with Gasteiger partial charge in [-0.05, 0) is 37.5 Å². The van der Waals surface area contributed by atoms with Crippen LogP contribution in [0.4, 0.5) is 0 Å². The molecular weight excluding hydrogens is 389 g/mol. The van der Waals surface area contributed by atoms with E-state index < -0.39 is 0 Å². The molecule has 0 aromatic rings. The second kappa shape index (κ2) is 10.5. The highest BCUT2D eigenvalue weighted by molar-refractivity contribution is 14.0. The van der Waals surface area contributed by atoms with Crippen molar-refractivity contribution >= 4 is 29.9 Å². The average Bonchev–Trinajstić information content (AvgIpc) is 2.92. The summed E-state index contributed by atoms with van der Waals surface area (Å²) in [5.41, 5.74) is 1.52. The highest BCUT2D eigenvalue weighted by Crippen LogP contribution is 2.23. The van der Waals surface area contributed by atoms with E-state index in [1.54, 1.807) is 0 Å². The van der Waals surface area contributed by atoms with Gasteiger partial charge in [-0.3, -0.25) is 4.99 Å². The molecule has 0 aromatic carbocycles. The molecule has 1 atom stereocenters. The molecule has 2 aliphatic heterocycles. The molecule has 0 saturated carbocycles. The summed E-state index contributed by atoms with van der Waals surface area (Å²) in [5, 5.41) is 3.53. The van der Waals surface area contributed by atoms with Crippen LogP contribution in [0, 0.1) is 11.8 Å². The van der Waals surface area contributed by atoms with E-state index >= 15 is 0 Å². The van der Waals surface area contributed by atoms with Gasteiger partial charge in [0.15, 0.2) is 5.96 Å². The molecule has 4 nitrogen and oxygen atoms in total. The first-order chi connectivity index (χ1) is 10.2. The van der Waals surface area contributed by atoms with Gasteiger partial charge in [0.2, 0.25) is 0 Å². The van der Waals surface area contributed by atoms with Crippen molar-refractivity contribution in [2.24, 2.45) is 16.8 Å². The maximum Gasteiger partial charge on any atom is 0.193 e. The molecule has 0 spiro atoms. The first kappa shape index (κ1) is 19.7. The fourth-order valence-electron chi connectivity index (χ4n) is 3.34. The van der Waals surface area contributed by atoms with Gasteiger partial charge in [-0.1, -0.05) is 25.5 Å². The minimum atomic E-state index is 0. The zero-order valence-electron chi connectivity index (χ0n) is 14.3. The molecule has 0 amide bonds. The van der Waals surface area contributed by atoms with Gasteiger partial charge in [-0.2, -0.15) is 0 Å². The molecular formula is C17H32IN3O. The molecule has 22 heavy (non-hydrogen) atoms. The quantitative estimate of drug-likeness (QED) is 0.321. The average molecular weight is 421 g/mol. The predicted molar refractivity (Wildman–Crippen MR) is 104 cm³/mol. The van der Waals surface area contributed by atoms with Crippen LogP contribution in [0.5, 0.6) is 0 Å². The zero-order valence-corrected chi connectivity index (χ0v) is 16.6. The molecule has 1 unspecified atom stereocenters. The smallest absolute Gasteiger partial charge is 0.193 e. The van der Waals surface area contributed by atoms with Gasteiger partial charge in [0, 0.05) is 26.7 Å². The van der Waals surface area contributed by atoms with Crippen molar-refractivity contribution in [1.82, 2.24) is 10.2 Å². The summed E-state index contributed by atoms with van der Waals surface area (Å²) in [6.45, 7) is 9.58. The molecule has 2 aliphatic rings. The number of nitrogens with one attached hydrogen (secondary N) is 1. The molecule has 1 fully saturated rings. The third-order valence-corrected chi connectivity index (χ3v) is 4.39. The Morgan fingerprint density at radius 1 is 1.50 bits per heavy atom. The van der Waals surface area contributed by atoms with Crippen LogP contribution in [0.25, 0.3) is 0 Å². The fraction of sp³-hybridized carbons (Fsp3) is 0.824. The largest absolute Gasteiger partial charge is 0.377 e. The standard InChI is InChI=1S/C17H31N3O.HI/c1-14(2)12-16-5-9-20(13-16)17(18-3)19-8-4-15-6-10-21-11-7-15;/h6,14,16H,4-5,7-13H2,1-3H3,(H,18,19);1H. The third-order valence-electron chi connectivity index (χ3n) is 4.39. The number of ether oxygens (including phenoxy) is 1. The second-order valence-electron chi connectivity index (χ2n) is 6.64. The number of aliphatic imine (C=N–C) groups is 1. The Bertz CT molecular complexity index is 382. The molecule has 2 rings (SSSR count). The molecule has 5 heteroatoms. The Morgan fingerprint density at radius 2 is 2.32 bits per heavy atom. The lowest BCUT2D eigenvalue weighted by Gasteiger charge is -2.22. The van der Waals surface area contributed by atoms with Crippen LogP contribution in [0.2, 0.25) is 0 Å². The minimum Gasteiger partial charge on any atom is -0.377 e. The summed E-state index contributed by atoms with van der Waals surface area (Å²) in [6.07, 6.45) is 7.05. The fourth-order valence-corrected chi connectivity index (χ4v) is 3.34. The summed E-state index contributed by atoms with van der Waals surface area (Å²) in [5.74, 6) is 2.71. The number of hydrogen-bond acceptors (Lipinski definition) is 2. The van der Waals surface area contributed by atoms with Crippen LogP contribution in [0.1, 0.15) is 39.5 Å². The Morgan fingerprint density at radius 3 is 2.95 bits per heavy atom. The van der Waals surface area contributed by atoms with Gasteiger partial charge in [-0.25, -0.2) is 0 Å². The van der Waals surface area contributed by atoms with E-state index in [2.05, 4.69) is 35.1 Å². The summed E-state index contributed by atoms with van der Waals surface area (Å²) in [7, 11) is 1.89. The Labute approximate surface area is 152 Å². The number of nitrogens with zero attached hydrogens (tertiary/aromatic N) is 2. The van der Waals surface area contributed by atoms with Crippen molar-refractivity contribution in [3.05, 3.63) is 11.6 Å². The van der Waals surface area contributed by atoms with Gasteiger partial charge in [0.05, 0.1) is 13.2 Å². The Hall–Kier alpha value is -0.300. The maximum atomic E-state index is 5.34. The highest BCUT2D eigenvalue weighted by atomic mass is 127. The van der Waals surface area contributed by atoms with Gasteiger partial charge < -0.3 is 15.0 Å². The van der Waals surface area contributed by atoms with Crippen LogP contribution >= 0.6 is 24.0 Å². The van der Waals surface area contributed by atoms with Gasteiger partial charge >= 0.3 is 0 Å². The van der Waals surface area contributed by atoms with Crippen molar-refractivity contribution in [3.8, 4) is 0 Å². The van der Waals surface area contributed by atoms with Crippen LogP contribution in [0.3, 0.4) is 0 Å². The summed E-state index contributed by atoms with van der Waals surface area (Å²) in [6, 6.07) is 0. The second-order valence-corrected chi connectivity index (χ2v) is 6.64. The van der Waals surface area contributed by atoms with E-state index in [9.17, 15) is 0 Å². The first-order valence-electron chi connectivity index (χ1n) is 8.40. The number of rotatable bonds is 5. The molecule has 0 aliphatic carbocycles. The first-order valence-corrected chi connectivity index (χ1v) is 8.40. The van der Waals surface area contributed by atoms with E-state index in [1.807, 2.05) is 7.05 Å². The van der Waals surface area contributed by atoms with Crippen molar-refractivity contribution in [2.45, 2.75) is 39.5 Å². The SMILES string of the molecule is CN=C(NCCC1=CCOCC1)N1CCC(CC(C)C)C1.I. The molecule has 0 bridgehead atoms.